The summed E-state index contributed by atoms with van der Waals surface area (Å²) in [7, 11) is 0. The molecule has 0 saturated carbocycles. The van der Waals surface area contributed by atoms with Crippen LogP contribution in [0.5, 0.6) is 0 Å². The predicted molar refractivity (Wildman–Crippen MR) is 30.9 cm³/mol. The van der Waals surface area contributed by atoms with Crippen LogP contribution in [0.25, 0.3) is 0 Å². The first-order valence-electron chi connectivity index (χ1n) is 2.50. The van der Waals surface area contributed by atoms with E-state index in [0.29, 0.717) is 6.61 Å². The summed E-state index contributed by atoms with van der Waals surface area (Å²) in [5.41, 5.74) is 0. The van der Waals surface area contributed by atoms with Gasteiger partial charge in [0.05, 0.1) is 18.0 Å². The van der Waals surface area contributed by atoms with Gasteiger partial charge in [0.2, 0.25) is 0 Å². The van der Waals surface area contributed by atoms with Gasteiger partial charge >= 0.3 is 29.6 Å². The van der Waals surface area contributed by atoms with Crippen molar-refractivity contribution in [3.05, 3.63) is 0 Å². The molecule has 0 heterocycles. The molecule has 3 nitrogen and oxygen atoms in total. The molecule has 0 aliphatic heterocycles. The molecule has 0 fully saturated rings. The minimum atomic E-state index is -2.32. The molecule has 0 bridgehead atoms. The molecule has 0 spiro atoms. The maximum absolute atomic E-state index is 9.65. The Morgan fingerprint density at radius 1 is 1.78 bits per heavy atom. The van der Waals surface area contributed by atoms with Gasteiger partial charge in [-0.1, -0.05) is 13.3 Å². The number of hydrogen-bond acceptors (Lipinski definition) is 3. The largest absolute Gasteiger partial charge is 1.00 e. The first-order chi connectivity index (χ1) is 3.77. The molecule has 52 valence electrons. The molecule has 5 heteroatoms. The summed E-state index contributed by atoms with van der Waals surface area (Å²) >= 11 is -2.32. The second-order valence-electron chi connectivity index (χ2n) is 1.38. The second-order valence-corrected chi connectivity index (χ2v) is 2.02. The van der Waals surface area contributed by atoms with E-state index in [2.05, 4.69) is 4.18 Å². The maximum atomic E-state index is 9.65. The molecule has 0 aliphatic carbocycles. The van der Waals surface area contributed by atoms with Crippen LogP contribution >= 0.6 is 0 Å². The van der Waals surface area contributed by atoms with E-state index in [4.69, 9.17) is 0 Å². The fraction of sp³-hybridized carbons (Fsp3) is 1.00. The van der Waals surface area contributed by atoms with Gasteiger partial charge in [0.25, 0.3) is 0 Å². The Labute approximate surface area is 81.4 Å². The summed E-state index contributed by atoms with van der Waals surface area (Å²) in [5.74, 6) is 0. The van der Waals surface area contributed by atoms with E-state index >= 15 is 0 Å². The van der Waals surface area contributed by atoms with E-state index in [9.17, 15) is 8.76 Å². The Balaban J connectivity index is -0.000000245. The van der Waals surface area contributed by atoms with Gasteiger partial charge in [-0.3, -0.25) is 0 Å². The van der Waals surface area contributed by atoms with Gasteiger partial charge < -0.3 is 10.2 Å². The normalized spacial score (nSPS) is 12.2. The van der Waals surface area contributed by atoms with E-state index < -0.39 is 11.4 Å². The van der Waals surface area contributed by atoms with E-state index in [0.717, 1.165) is 12.8 Å². The predicted octanol–water partition coefficient (Wildman–Crippen LogP) is -2.29. The van der Waals surface area contributed by atoms with Gasteiger partial charge in [-0.25, -0.2) is 4.21 Å². The Bertz CT molecular complexity index is 82.9. The van der Waals surface area contributed by atoms with Gasteiger partial charge in [0.1, 0.15) is 0 Å². The van der Waals surface area contributed by atoms with Crippen LogP contribution in [-0.4, -0.2) is 15.4 Å². The van der Waals surface area contributed by atoms with Crippen molar-refractivity contribution < 1.29 is 43.9 Å². The van der Waals surface area contributed by atoms with Crippen LogP contribution in [0.1, 0.15) is 21.2 Å². The van der Waals surface area contributed by atoms with Crippen molar-refractivity contribution in [2.24, 2.45) is 0 Å². The van der Waals surface area contributed by atoms with Crippen molar-refractivity contribution in [2.75, 3.05) is 6.61 Å². The quantitative estimate of drug-likeness (QED) is 0.265. The zero-order valence-corrected chi connectivity index (χ0v) is 8.57. The summed E-state index contributed by atoms with van der Waals surface area (Å²) in [6, 6.07) is 0. The SMILES string of the molecule is CCCCOS(=O)[O-].[H-].[Na+]. The molecular formula is C4H10NaO3S-. The van der Waals surface area contributed by atoms with Gasteiger partial charge in [0.15, 0.2) is 0 Å². The molecule has 0 radical (unpaired) electrons. The van der Waals surface area contributed by atoms with Gasteiger partial charge in [-0.15, -0.1) is 0 Å². The summed E-state index contributed by atoms with van der Waals surface area (Å²) in [4.78, 5) is 0. The van der Waals surface area contributed by atoms with Crippen molar-refractivity contribution in [1.29, 1.82) is 0 Å². The molecule has 0 saturated heterocycles. The first kappa shape index (κ1) is 12.7. The summed E-state index contributed by atoms with van der Waals surface area (Å²) < 4.78 is 23.5. The molecular weight excluding hydrogens is 151 g/mol. The Morgan fingerprint density at radius 2 is 2.33 bits per heavy atom. The Morgan fingerprint density at radius 3 is 2.67 bits per heavy atom. The molecule has 0 amide bonds. The summed E-state index contributed by atoms with van der Waals surface area (Å²) in [6.45, 7) is 2.28. The van der Waals surface area contributed by atoms with Crippen LogP contribution in [0, 0.1) is 0 Å². The molecule has 1 atom stereocenters. The van der Waals surface area contributed by atoms with Gasteiger partial charge in [0, 0.05) is 0 Å². The second kappa shape index (κ2) is 9.07. The standard InChI is InChI=1S/C4H10O3S.Na.H/c1-2-3-4-7-8(5)6;;/h2-4H2,1H3,(H,5,6);;/q;+1;-1/p-1. The average molecular weight is 161 g/mol. The van der Waals surface area contributed by atoms with Gasteiger partial charge in [-0.2, -0.15) is 0 Å². The van der Waals surface area contributed by atoms with Crippen molar-refractivity contribution >= 4 is 11.4 Å². The molecule has 1 unspecified atom stereocenters. The van der Waals surface area contributed by atoms with Gasteiger partial charge in [-0.05, 0) is 6.42 Å². The van der Waals surface area contributed by atoms with Crippen molar-refractivity contribution in [1.82, 2.24) is 0 Å². The number of rotatable bonds is 4. The average Bonchev–Trinajstić information content (AvgIpc) is 1.66. The molecule has 0 aromatic carbocycles. The van der Waals surface area contributed by atoms with Crippen LogP contribution in [0.3, 0.4) is 0 Å². The zero-order valence-electron chi connectivity index (χ0n) is 6.75. The van der Waals surface area contributed by atoms with Crippen LogP contribution in [0.4, 0.5) is 0 Å². The zero-order chi connectivity index (χ0) is 6.41. The molecule has 0 N–H and O–H groups in total. The van der Waals surface area contributed by atoms with Crippen LogP contribution < -0.4 is 29.6 Å². The minimum absolute atomic E-state index is 0. The third-order valence-corrected chi connectivity index (χ3v) is 1.04. The van der Waals surface area contributed by atoms with Crippen LogP contribution in [0.15, 0.2) is 0 Å². The summed E-state index contributed by atoms with van der Waals surface area (Å²) in [5, 5.41) is 0. The summed E-state index contributed by atoms with van der Waals surface area (Å²) in [6.07, 6.45) is 1.76. The molecule has 0 rings (SSSR count). The Hall–Kier alpha value is 1.07. The van der Waals surface area contributed by atoms with Crippen molar-refractivity contribution in [3.8, 4) is 0 Å². The first-order valence-corrected chi connectivity index (χ1v) is 3.50. The monoisotopic (exact) mass is 161 g/mol. The number of unbranched alkanes of at least 4 members (excludes halogenated alkanes) is 1. The van der Waals surface area contributed by atoms with E-state index in [1.165, 1.54) is 0 Å². The number of hydrogen-bond donors (Lipinski definition) is 0. The van der Waals surface area contributed by atoms with Crippen LogP contribution in [-0.2, 0) is 15.5 Å². The minimum Gasteiger partial charge on any atom is -1.00 e. The molecule has 0 aromatic heterocycles. The van der Waals surface area contributed by atoms with E-state index in [-0.39, 0.29) is 31.0 Å². The van der Waals surface area contributed by atoms with Crippen molar-refractivity contribution in [2.45, 2.75) is 19.8 Å². The molecule has 9 heavy (non-hydrogen) atoms. The smallest absolute Gasteiger partial charge is 1.00 e. The third kappa shape index (κ3) is 12.3. The Kier molecular flexibility index (Phi) is 12.8. The molecule has 0 aliphatic rings. The van der Waals surface area contributed by atoms with Crippen LogP contribution in [0.2, 0.25) is 0 Å². The van der Waals surface area contributed by atoms with E-state index in [1.54, 1.807) is 0 Å². The topological polar surface area (TPSA) is 49.4 Å². The fourth-order valence-electron chi connectivity index (χ4n) is 0.271. The maximum Gasteiger partial charge on any atom is 1.00 e. The fourth-order valence-corrected chi connectivity index (χ4v) is 0.525. The van der Waals surface area contributed by atoms with Crippen molar-refractivity contribution in [3.63, 3.8) is 0 Å². The van der Waals surface area contributed by atoms with E-state index in [1.807, 2.05) is 6.92 Å². The molecule has 0 aromatic rings. The third-order valence-electron chi connectivity index (χ3n) is 0.677.